The Morgan fingerprint density at radius 1 is 1.36 bits per heavy atom. The van der Waals surface area contributed by atoms with Crippen LogP contribution in [0.2, 0.25) is 0 Å². The van der Waals surface area contributed by atoms with Crippen molar-refractivity contribution in [1.82, 2.24) is 9.97 Å². The highest BCUT2D eigenvalue weighted by Crippen LogP contribution is 2.21. The van der Waals surface area contributed by atoms with Gasteiger partial charge in [0, 0.05) is 5.69 Å². The number of aromatic nitrogens is 2. The highest BCUT2D eigenvalue weighted by molar-refractivity contribution is 8.00. The number of rotatable bonds is 6. The number of thioether (sulfide) groups is 1. The minimum absolute atomic E-state index is 0.134. The molecule has 0 bridgehead atoms. The summed E-state index contributed by atoms with van der Waals surface area (Å²) in [5.41, 5.74) is 1.02. The fraction of sp³-hybridized carbons (Fsp3) is 0.267. The zero-order chi connectivity index (χ0) is 15.9. The maximum atomic E-state index is 12.1. The number of hydrogen-bond donors (Lipinski definition) is 2. The van der Waals surface area contributed by atoms with Gasteiger partial charge in [0.05, 0.1) is 18.1 Å². The number of H-pyrrole nitrogens is 1. The Hall–Kier alpha value is -2.28. The van der Waals surface area contributed by atoms with E-state index in [1.54, 1.807) is 13.8 Å². The van der Waals surface area contributed by atoms with Crippen LogP contribution in [0.15, 0.2) is 41.7 Å². The van der Waals surface area contributed by atoms with Crippen LogP contribution in [0, 0.1) is 0 Å². The summed E-state index contributed by atoms with van der Waals surface area (Å²) < 4.78 is 4.87. The number of amides is 1. The van der Waals surface area contributed by atoms with Crippen LogP contribution in [-0.4, -0.2) is 33.7 Å². The number of carbonyl (C=O) groups excluding carboxylic acids is 2. The number of ether oxygens (including phenoxy) is 1. The SMILES string of the molecule is CCOC(=O)c1cnc(SC(C)C(=O)Nc2ccccc2)[nH]1. The normalized spacial score (nSPS) is 11.7. The third kappa shape index (κ3) is 4.36. The Bertz CT molecular complexity index is 642. The topological polar surface area (TPSA) is 84.1 Å². The van der Waals surface area contributed by atoms with Crippen molar-refractivity contribution in [2.24, 2.45) is 0 Å². The molecule has 0 aliphatic rings. The van der Waals surface area contributed by atoms with Crippen LogP contribution in [0.25, 0.3) is 0 Å². The van der Waals surface area contributed by atoms with Crippen molar-refractivity contribution in [3.05, 3.63) is 42.2 Å². The number of para-hydroxylation sites is 1. The van der Waals surface area contributed by atoms with Crippen molar-refractivity contribution in [3.8, 4) is 0 Å². The number of esters is 1. The summed E-state index contributed by atoms with van der Waals surface area (Å²) in [5.74, 6) is -0.589. The van der Waals surface area contributed by atoms with E-state index < -0.39 is 5.97 Å². The third-order valence-electron chi connectivity index (χ3n) is 2.75. The largest absolute Gasteiger partial charge is 0.461 e. The van der Waals surface area contributed by atoms with Crippen LogP contribution in [-0.2, 0) is 9.53 Å². The molecule has 0 aliphatic heterocycles. The Labute approximate surface area is 132 Å². The zero-order valence-corrected chi connectivity index (χ0v) is 13.1. The minimum Gasteiger partial charge on any atom is -0.461 e. The number of imidazole rings is 1. The highest BCUT2D eigenvalue weighted by atomic mass is 32.2. The molecule has 2 aromatic rings. The van der Waals surface area contributed by atoms with E-state index in [-0.39, 0.29) is 16.9 Å². The molecule has 0 aliphatic carbocycles. The van der Waals surface area contributed by atoms with E-state index in [0.29, 0.717) is 11.8 Å². The standard InChI is InChI=1S/C15H17N3O3S/c1-3-21-14(20)12-9-16-15(18-12)22-10(2)13(19)17-11-7-5-4-6-8-11/h4-10H,3H2,1-2H3,(H,16,18)(H,17,19). The van der Waals surface area contributed by atoms with Crippen molar-refractivity contribution < 1.29 is 14.3 Å². The Kier molecular flexibility index (Phi) is 5.60. The van der Waals surface area contributed by atoms with Crippen molar-refractivity contribution in [2.75, 3.05) is 11.9 Å². The molecule has 0 saturated carbocycles. The van der Waals surface area contributed by atoms with E-state index in [1.807, 2.05) is 30.3 Å². The third-order valence-corrected chi connectivity index (χ3v) is 3.75. The summed E-state index contributed by atoms with van der Waals surface area (Å²) in [6.45, 7) is 3.81. The maximum absolute atomic E-state index is 12.1. The highest BCUT2D eigenvalue weighted by Gasteiger charge is 2.18. The van der Waals surface area contributed by atoms with Crippen molar-refractivity contribution in [3.63, 3.8) is 0 Å². The molecule has 0 saturated heterocycles. The molecule has 1 aromatic heterocycles. The molecule has 0 fully saturated rings. The Morgan fingerprint density at radius 3 is 2.77 bits per heavy atom. The number of benzene rings is 1. The van der Waals surface area contributed by atoms with Gasteiger partial charge in [0.2, 0.25) is 5.91 Å². The summed E-state index contributed by atoms with van der Waals surface area (Å²) in [6, 6.07) is 9.23. The first-order valence-electron chi connectivity index (χ1n) is 6.85. The van der Waals surface area contributed by atoms with Crippen LogP contribution in [0.5, 0.6) is 0 Å². The Morgan fingerprint density at radius 2 is 2.09 bits per heavy atom. The van der Waals surface area contributed by atoms with E-state index in [2.05, 4.69) is 15.3 Å². The molecule has 0 spiro atoms. The summed E-state index contributed by atoms with van der Waals surface area (Å²) in [6.07, 6.45) is 1.40. The lowest BCUT2D eigenvalue weighted by Crippen LogP contribution is -2.22. The van der Waals surface area contributed by atoms with Crippen LogP contribution in [0.4, 0.5) is 5.69 Å². The van der Waals surface area contributed by atoms with Gasteiger partial charge < -0.3 is 15.0 Å². The lowest BCUT2D eigenvalue weighted by Gasteiger charge is -2.10. The minimum atomic E-state index is -0.455. The monoisotopic (exact) mass is 319 g/mol. The van der Waals surface area contributed by atoms with Gasteiger partial charge in [-0.2, -0.15) is 0 Å². The molecule has 2 N–H and O–H groups in total. The average molecular weight is 319 g/mol. The van der Waals surface area contributed by atoms with E-state index in [0.717, 1.165) is 5.69 Å². The summed E-state index contributed by atoms with van der Waals surface area (Å²) in [4.78, 5) is 30.6. The van der Waals surface area contributed by atoms with Gasteiger partial charge in [-0.05, 0) is 26.0 Å². The first kappa shape index (κ1) is 16.1. The molecule has 7 heteroatoms. The van der Waals surface area contributed by atoms with E-state index in [1.165, 1.54) is 18.0 Å². The molecule has 1 aromatic carbocycles. The van der Waals surface area contributed by atoms with E-state index in [4.69, 9.17) is 4.74 Å². The van der Waals surface area contributed by atoms with Crippen molar-refractivity contribution in [1.29, 1.82) is 0 Å². The van der Waals surface area contributed by atoms with Crippen molar-refractivity contribution in [2.45, 2.75) is 24.3 Å². The maximum Gasteiger partial charge on any atom is 0.356 e. The van der Waals surface area contributed by atoms with Crippen LogP contribution in [0.3, 0.4) is 0 Å². The smallest absolute Gasteiger partial charge is 0.356 e. The lowest BCUT2D eigenvalue weighted by molar-refractivity contribution is -0.115. The zero-order valence-electron chi connectivity index (χ0n) is 12.3. The van der Waals surface area contributed by atoms with Gasteiger partial charge in [-0.15, -0.1) is 0 Å². The molecular formula is C15H17N3O3S. The first-order chi connectivity index (χ1) is 10.6. The molecule has 1 atom stereocenters. The molecule has 22 heavy (non-hydrogen) atoms. The average Bonchev–Trinajstić information content (AvgIpc) is 2.97. The number of hydrogen-bond acceptors (Lipinski definition) is 5. The number of anilines is 1. The van der Waals surface area contributed by atoms with Gasteiger partial charge in [-0.1, -0.05) is 30.0 Å². The fourth-order valence-electron chi connectivity index (χ4n) is 1.66. The molecule has 0 radical (unpaired) electrons. The molecule has 6 nitrogen and oxygen atoms in total. The molecular weight excluding hydrogens is 302 g/mol. The Balaban J connectivity index is 1.92. The van der Waals surface area contributed by atoms with Crippen LogP contribution >= 0.6 is 11.8 Å². The van der Waals surface area contributed by atoms with Gasteiger partial charge >= 0.3 is 5.97 Å². The second kappa shape index (κ2) is 7.65. The van der Waals surface area contributed by atoms with Gasteiger partial charge in [0.25, 0.3) is 0 Å². The number of nitrogens with one attached hydrogen (secondary N) is 2. The molecule has 1 amide bonds. The molecule has 1 heterocycles. The quantitative estimate of drug-likeness (QED) is 0.632. The number of carbonyl (C=O) groups is 2. The number of nitrogens with zero attached hydrogens (tertiary/aromatic N) is 1. The summed E-state index contributed by atoms with van der Waals surface area (Å²) >= 11 is 1.24. The fourth-order valence-corrected chi connectivity index (χ4v) is 2.45. The van der Waals surface area contributed by atoms with Crippen LogP contribution < -0.4 is 5.32 Å². The second-order valence-electron chi connectivity index (χ2n) is 4.44. The predicted octanol–water partition coefficient (Wildman–Crippen LogP) is 2.71. The van der Waals surface area contributed by atoms with Gasteiger partial charge in [-0.25, -0.2) is 9.78 Å². The number of aromatic amines is 1. The summed E-state index contributed by atoms with van der Waals surface area (Å²) in [7, 11) is 0. The first-order valence-corrected chi connectivity index (χ1v) is 7.72. The lowest BCUT2D eigenvalue weighted by atomic mass is 10.3. The van der Waals surface area contributed by atoms with Gasteiger partial charge in [-0.3, -0.25) is 4.79 Å². The predicted molar refractivity (Wildman–Crippen MR) is 84.9 cm³/mol. The van der Waals surface area contributed by atoms with E-state index >= 15 is 0 Å². The molecule has 2 rings (SSSR count). The van der Waals surface area contributed by atoms with E-state index in [9.17, 15) is 9.59 Å². The van der Waals surface area contributed by atoms with Gasteiger partial charge in [0.1, 0.15) is 5.69 Å². The summed E-state index contributed by atoms with van der Waals surface area (Å²) in [5, 5.41) is 2.96. The second-order valence-corrected chi connectivity index (χ2v) is 5.77. The molecule has 116 valence electrons. The van der Waals surface area contributed by atoms with Gasteiger partial charge in [0.15, 0.2) is 5.16 Å². The van der Waals surface area contributed by atoms with Crippen molar-refractivity contribution >= 4 is 29.3 Å². The molecule has 1 unspecified atom stereocenters. The van der Waals surface area contributed by atoms with Crippen LogP contribution in [0.1, 0.15) is 24.3 Å².